The van der Waals surface area contributed by atoms with Gasteiger partial charge in [-0.3, -0.25) is 4.72 Å². The number of amides is 2. The molecule has 0 aliphatic heterocycles. The van der Waals surface area contributed by atoms with Crippen LogP contribution in [0.5, 0.6) is 5.75 Å². The normalized spacial score (nSPS) is 13.9. The van der Waals surface area contributed by atoms with Crippen molar-refractivity contribution in [2.45, 2.75) is 26.2 Å². The van der Waals surface area contributed by atoms with Gasteiger partial charge in [-0.15, -0.1) is 0 Å². The van der Waals surface area contributed by atoms with E-state index in [0.29, 0.717) is 30.3 Å². The summed E-state index contributed by atoms with van der Waals surface area (Å²) in [6.07, 6.45) is 3.28. The SMILES string of the molecule is CCS(=O)(=O)Nc1ccc(NC(=O)NCCCOCC2CC2)cc1OC. The maximum atomic E-state index is 11.9. The third kappa shape index (κ3) is 7.09. The fraction of sp³-hybridized carbons (Fsp3) is 0.588. The number of benzene rings is 1. The lowest BCUT2D eigenvalue weighted by Gasteiger charge is -2.13. The highest BCUT2D eigenvalue weighted by atomic mass is 32.2. The number of urea groups is 1. The Labute approximate surface area is 154 Å². The number of sulfonamides is 1. The van der Waals surface area contributed by atoms with Gasteiger partial charge in [-0.2, -0.15) is 0 Å². The van der Waals surface area contributed by atoms with Gasteiger partial charge in [0.15, 0.2) is 0 Å². The molecule has 26 heavy (non-hydrogen) atoms. The third-order valence-electron chi connectivity index (χ3n) is 3.91. The van der Waals surface area contributed by atoms with Crippen molar-refractivity contribution >= 4 is 27.4 Å². The largest absolute Gasteiger partial charge is 0.494 e. The molecule has 1 fully saturated rings. The molecule has 1 aromatic carbocycles. The molecule has 2 amide bonds. The molecule has 0 bridgehead atoms. The lowest BCUT2D eigenvalue weighted by Crippen LogP contribution is -2.30. The minimum absolute atomic E-state index is 0.0388. The average molecular weight is 385 g/mol. The van der Waals surface area contributed by atoms with Crippen LogP contribution >= 0.6 is 0 Å². The predicted molar refractivity (Wildman–Crippen MR) is 101 cm³/mol. The van der Waals surface area contributed by atoms with Crippen molar-refractivity contribution < 1.29 is 22.7 Å². The number of hydrogen-bond donors (Lipinski definition) is 3. The van der Waals surface area contributed by atoms with Gasteiger partial charge in [-0.1, -0.05) is 0 Å². The number of carbonyl (C=O) groups is 1. The highest BCUT2D eigenvalue weighted by molar-refractivity contribution is 7.92. The Morgan fingerprint density at radius 2 is 2.08 bits per heavy atom. The highest BCUT2D eigenvalue weighted by Gasteiger charge is 2.20. The zero-order valence-corrected chi connectivity index (χ0v) is 16.0. The van der Waals surface area contributed by atoms with Gasteiger partial charge in [0.25, 0.3) is 0 Å². The maximum absolute atomic E-state index is 11.9. The zero-order chi connectivity index (χ0) is 19.0. The van der Waals surface area contributed by atoms with E-state index in [1.165, 1.54) is 20.0 Å². The van der Waals surface area contributed by atoms with Crippen LogP contribution in [0.2, 0.25) is 0 Å². The lowest BCUT2D eigenvalue weighted by atomic mass is 10.2. The molecule has 0 atom stereocenters. The second-order valence-corrected chi connectivity index (χ2v) is 8.18. The molecule has 0 heterocycles. The summed E-state index contributed by atoms with van der Waals surface area (Å²) >= 11 is 0. The second-order valence-electron chi connectivity index (χ2n) is 6.17. The van der Waals surface area contributed by atoms with Crippen molar-refractivity contribution in [2.24, 2.45) is 5.92 Å². The van der Waals surface area contributed by atoms with Gasteiger partial charge in [0.1, 0.15) is 5.75 Å². The summed E-state index contributed by atoms with van der Waals surface area (Å²) in [5, 5.41) is 5.44. The first-order valence-electron chi connectivity index (χ1n) is 8.74. The zero-order valence-electron chi connectivity index (χ0n) is 15.2. The fourth-order valence-electron chi connectivity index (χ4n) is 2.18. The molecular formula is C17H27N3O5S. The topological polar surface area (TPSA) is 106 Å². The van der Waals surface area contributed by atoms with Gasteiger partial charge in [-0.25, -0.2) is 13.2 Å². The summed E-state index contributed by atoms with van der Waals surface area (Å²) < 4.78 is 36.5. The van der Waals surface area contributed by atoms with E-state index in [-0.39, 0.29) is 11.8 Å². The molecule has 2 rings (SSSR count). The number of nitrogens with one attached hydrogen (secondary N) is 3. The molecule has 3 N–H and O–H groups in total. The number of methoxy groups -OCH3 is 1. The molecule has 0 saturated heterocycles. The molecule has 0 aromatic heterocycles. The standard InChI is InChI=1S/C17H27N3O5S/c1-3-26(22,23)20-15-8-7-14(11-16(15)24-2)19-17(21)18-9-4-10-25-12-13-5-6-13/h7-8,11,13,20H,3-6,9-10,12H2,1-2H3,(H2,18,19,21). The van der Waals surface area contributed by atoms with Crippen molar-refractivity contribution in [3.8, 4) is 5.75 Å². The van der Waals surface area contributed by atoms with E-state index in [4.69, 9.17) is 9.47 Å². The molecule has 8 nitrogen and oxygen atoms in total. The molecule has 1 saturated carbocycles. The molecule has 0 unspecified atom stereocenters. The van der Waals surface area contributed by atoms with Gasteiger partial charge in [0.05, 0.1) is 18.6 Å². The van der Waals surface area contributed by atoms with Crippen LogP contribution in [0.15, 0.2) is 18.2 Å². The first-order valence-corrected chi connectivity index (χ1v) is 10.4. The van der Waals surface area contributed by atoms with Gasteiger partial charge in [0.2, 0.25) is 10.0 Å². The molecule has 1 aliphatic rings. The Bertz CT molecular complexity index is 704. The van der Waals surface area contributed by atoms with E-state index < -0.39 is 10.0 Å². The van der Waals surface area contributed by atoms with Crippen molar-refractivity contribution in [3.63, 3.8) is 0 Å². The summed E-state index contributed by atoms with van der Waals surface area (Å²) in [5.41, 5.74) is 0.830. The van der Waals surface area contributed by atoms with E-state index in [9.17, 15) is 13.2 Å². The van der Waals surface area contributed by atoms with Crippen LogP contribution in [0, 0.1) is 5.92 Å². The van der Waals surface area contributed by atoms with Crippen LogP contribution in [0.4, 0.5) is 16.2 Å². The number of carbonyl (C=O) groups excluding carboxylic acids is 1. The van der Waals surface area contributed by atoms with E-state index in [1.54, 1.807) is 25.1 Å². The Morgan fingerprint density at radius 1 is 1.31 bits per heavy atom. The first kappa shape index (κ1) is 20.3. The van der Waals surface area contributed by atoms with Crippen LogP contribution < -0.4 is 20.1 Å². The van der Waals surface area contributed by atoms with Crippen LogP contribution in [0.1, 0.15) is 26.2 Å². The van der Waals surface area contributed by atoms with Crippen LogP contribution in [-0.2, 0) is 14.8 Å². The smallest absolute Gasteiger partial charge is 0.319 e. The van der Waals surface area contributed by atoms with E-state index in [1.807, 2.05) is 0 Å². The maximum Gasteiger partial charge on any atom is 0.319 e. The van der Waals surface area contributed by atoms with Crippen molar-refractivity contribution in [2.75, 3.05) is 42.7 Å². The summed E-state index contributed by atoms with van der Waals surface area (Å²) in [6, 6.07) is 4.38. The highest BCUT2D eigenvalue weighted by Crippen LogP contribution is 2.29. The molecular weight excluding hydrogens is 358 g/mol. The van der Waals surface area contributed by atoms with Gasteiger partial charge in [-0.05, 0) is 44.2 Å². The van der Waals surface area contributed by atoms with Gasteiger partial charge >= 0.3 is 6.03 Å². The molecule has 146 valence electrons. The van der Waals surface area contributed by atoms with E-state index >= 15 is 0 Å². The fourth-order valence-corrected chi connectivity index (χ4v) is 2.83. The Hall–Kier alpha value is -2.00. The third-order valence-corrected chi connectivity index (χ3v) is 5.20. The van der Waals surface area contributed by atoms with Gasteiger partial charge in [0, 0.05) is 31.5 Å². The van der Waals surface area contributed by atoms with E-state index in [0.717, 1.165) is 18.9 Å². The van der Waals surface area contributed by atoms with Crippen LogP contribution in [-0.4, -0.2) is 47.1 Å². The summed E-state index contributed by atoms with van der Waals surface area (Å²) in [6.45, 7) is 3.52. The lowest BCUT2D eigenvalue weighted by molar-refractivity contribution is 0.122. The Balaban J connectivity index is 1.77. The number of ether oxygens (including phenoxy) is 2. The monoisotopic (exact) mass is 385 g/mol. The minimum atomic E-state index is -3.40. The predicted octanol–water partition coefficient (Wildman–Crippen LogP) is 2.40. The summed E-state index contributed by atoms with van der Waals surface area (Å²) in [5.74, 6) is 1.03. The molecule has 9 heteroatoms. The number of rotatable bonds is 11. The minimum Gasteiger partial charge on any atom is -0.494 e. The van der Waals surface area contributed by atoms with Crippen molar-refractivity contribution in [1.29, 1.82) is 0 Å². The second kappa shape index (κ2) is 9.63. The van der Waals surface area contributed by atoms with Crippen molar-refractivity contribution in [1.82, 2.24) is 5.32 Å². The quantitative estimate of drug-likeness (QED) is 0.507. The van der Waals surface area contributed by atoms with Crippen molar-refractivity contribution in [3.05, 3.63) is 18.2 Å². The average Bonchev–Trinajstić information content (AvgIpc) is 3.43. The Morgan fingerprint density at radius 3 is 2.73 bits per heavy atom. The number of anilines is 2. The summed E-state index contributed by atoms with van der Waals surface area (Å²) in [7, 11) is -1.97. The Kier molecular flexibility index (Phi) is 7.52. The summed E-state index contributed by atoms with van der Waals surface area (Å²) in [4.78, 5) is 11.9. The van der Waals surface area contributed by atoms with Crippen LogP contribution in [0.3, 0.4) is 0 Å². The first-order chi connectivity index (χ1) is 12.4. The molecule has 1 aliphatic carbocycles. The van der Waals surface area contributed by atoms with Crippen LogP contribution in [0.25, 0.3) is 0 Å². The number of hydrogen-bond acceptors (Lipinski definition) is 5. The molecule has 1 aromatic rings. The van der Waals surface area contributed by atoms with E-state index in [2.05, 4.69) is 15.4 Å². The molecule has 0 spiro atoms. The molecule has 0 radical (unpaired) electrons. The van der Waals surface area contributed by atoms with Gasteiger partial charge < -0.3 is 20.1 Å².